The molecule has 1 aromatic heterocycles. The lowest BCUT2D eigenvalue weighted by atomic mass is 10.2. The van der Waals surface area contributed by atoms with Crippen molar-refractivity contribution in [3.63, 3.8) is 0 Å². The van der Waals surface area contributed by atoms with Gasteiger partial charge in [0, 0.05) is 16.1 Å². The number of anilines is 1. The smallest absolute Gasteiger partial charge is 0.265 e. The third kappa shape index (κ3) is 3.53. The molecule has 0 N–H and O–H groups in total. The van der Waals surface area contributed by atoms with Crippen molar-refractivity contribution in [3.05, 3.63) is 59.1 Å². The standard InChI is InChI=1S/C20H21BrN2O2S2/c1-22-13-7-8-15(22)14-23(27(24,25)16-9-3-2-4-10-16)20-19(21)17-11-5-6-12-18(17)26-20/h2-6,9-12,15H,7-8,13-14H2,1H3. The van der Waals surface area contributed by atoms with Gasteiger partial charge in [-0.2, -0.15) is 0 Å². The number of nitrogens with zero attached hydrogens (tertiary/aromatic N) is 2. The fourth-order valence-electron chi connectivity index (χ4n) is 3.57. The number of rotatable bonds is 5. The number of thiophene rings is 1. The molecule has 1 saturated heterocycles. The van der Waals surface area contributed by atoms with E-state index in [1.807, 2.05) is 30.3 Å². The zero-order valence-corrected chi connectivity index (χ0v) is 18.2. The van der Waals surface area contributed by atoms with E-state index in [9.17, 15) is 8.42 Å². The molecule has 142 valence electrons. The van der Waals surface area contributed by atoms with Crippen LogP contribution in [0.3, 0.4) is 0 Å². The number of halogens is 1. The lowest BCUT2D eigenvalue weighted by molar-refractivity contribution is 0.317. The number of benzene rings is 2. The van der Waals surface area contributed by atoms with E-state index in [-0.39, 0.29) is 6.04 Å². The molecule has 1 atom stereocenters. The number of likely N-dealkylation sites (N-methyl/N-ethyl adjacent to an activating group) is 1. The first-order valence-corrected chi connectivity index (χ1v) is 12.0. The molecule has 1 fully saturated rings. The summed E-state index contributed by atoms with van der Waals surface area (Å²) in [4.78, 5) is 2.59. The van der Waals surface area contributed by atoms with Crippen molar-refractivity contribution in [1.82, 2.24) is 4.90 Å². The van der Waals surface area contributed by atoms with E-state index in [2.05, 4.69) is 27.9 Å². The maximum absolute atomic E-state index is 13.5. The van der Waals surface area contributed by atoms with Crippen molar-refractivity contribution in [1.29, 1.82) is 0 Å². The Labute approximate surface area is 172 Å². The lowest BCUT2D eigenvalue weighted by Crippen LogP contribution is -2.41. The van der Waals surface area contributed by atoms with Crippen LogP contribution in [0.4, 0.5) is 5.00 Å². The average Bonchev–Trinajstić information content (AvgIpc) is 3.23. The normalized spacial score (nSPS) is 18.2. The van der Waals surface area contributed by atoms with Crippen molar-refractivity contribution < 1.29 is 8.42 Å². The second-order valence-electron chi connectivity index (χ2n) is 6.84. The minimum absolute atomic E-state index is 0.223. The van der Waals surface area contributed by atoms with Gasteiger partial charge in [-0.25, -0.2) is 8.42 Å². The Morgan fingerprint density at radius 3 is 2.52 bits per heavy atom. The SMILES string of the molecule is CN1CCCC1CN(c1sc2ccccc2c1Br)S(=O)(=O)c1ccccc1. The van der Waals surface area contributed by atoms with Crippen molar-refractivity contribution in [2.24, 2.45) is 0 Å². The molecule has 1 aliphatic heterocycles. The van der Waals surface area contributed by atoms with Crippen LogP contribution in [0.1, 0.15) is 12.8 Å². The van der Waals surface area contributed by atoms with Gasteiger partial charge in [0.25, 0.3) is 10.0 Å². The molecule has 27 heavy (non-hydrogen) atoms. The first-order valence-electron chi connectivity index (χ1n) is 8.93. The molecule has 1 unspecified atom stereocenters. The van der Waals surface area contributed by atoms with E-state index in [1.165, 1.54) is 11.3 Å². The Kier molecular flexibility index (Phi) is 5.29. The average molecular weight is 465 g/mol. The van der Waals surface area contributed by atoms with Crippen molar-refractivity contribution in [3.8, 4) is 0 Å². The zero-order chi connectivity index (χ0) is 19.0. The molecule has 0 aliphatic carbocycles. The van der Waals surface area contributed by atoms with E-state index >= 15 is 0 Å². The van der Waals surface area contributed by atoms with Crippen LogP contribution in [0.15, 0.2) is 64.0 Å². The van der Waals surface area contributed by atoms with Crippen molar-refractivity contribution in [2.75, 3.05) is 24.4 Å². The molecule has 0 spiro atoms. The summed E-state index contributed by atoms with van der Waals surface area (Å²) in [7, 11) is -1.57. The molecule has 0 amide bonds. The van der Waals surface area contributed by atoms with Gasteiger partial charge in [0.15, 0.2) is 0 Å². The Morgan fingerprint density at radius 2 is 1.85 bits per heavy atom. The monoisotopic (exact) mass is 464 g/mol. The van der Waals surface area contributed by atoms with E-state index in [1.54, 1.807) is 28.6 Å². The third-order valence-electron chi connectivity index (χ3n) is 5.12. The fourth-order valence-corrected chi connectivity index (χ4v) is 7.47. The fraction of sp³-hybridized carbons (Fsp3) is 0.300. The first kappa shape index (κ1) is 18.9. The number of hydrogen-bond donors (Lipinski definition) is 0. The highest BCUT2D eigenvalue weighted by atomic mass is 79.9. The predicted octanol–water partition coefficient (Wildman–Crippen LogP) is 4.95. The van der Waals surface area contributed by atoms with Crippen LogP contribution in [0.2, 0.25) is 0 Å². The highest BCUT2D eigenvalue weighted by Crippen LogP contribution is 2.44. The zero-order valence-electron chi connectivity index (χ0n) is 15.0. The van der Waals surface area contributed by atoms with Crippen molar-refractivity contribution in [2.45, 2.75) is 23.8 Å². The Hall–Kier alpha value is -1.41. The Morgan fingerprint density at radius 1 is 1.15 bits per heavy atom. The van der Waals surface area contributed by atoms with Crippen LogP contribution in [0, 0.1) is 0 Å². The molecule has 1 aliphatic rings. The summed E-state index contributed by atoms with van der Waals surface area (Å²) >= 11 is 5.19. The van der Waals surface area contributed by atoms with E-state index in [0.717, 1.165) is 38.9 Å². The van der Waals surface area contributed by atoms with Gasteiger partial charge in [0.1, 0.15) is 5.00 Å². The molecule has 7 heteroatoms. The maximum Gasteiger partial charge on any atom is 0.265 e. The number of likely N-dealkylation sites (tertiary alicyclic amines) is 1. The number of fused-ring (bicyclic) bond motifs is 1. The Balaban J connectivity index is 1.84. The molecule has 4 rings (SSSR count). The summed E-state index contributed by atoms with van der Waals surface area (Å²) in [5.41, 5.74) is 0. The minimum atomic E-state index is -3.65. The molecule has 3 aromatic rings. The molecular formula is C20H21BrN2O2S2. The highest BCUT2D eigenvalue weighted by Gasteiger charge is 2.33. The lowest BCUT2D eigenvalue weighted by Gasteiger charge is -2.29. The van der Waals surface area contributed by atoms with Gasteiger partial charge in [-0.15, -0.1) is 11.3 Å². The summed E-state index contributed by atoms with van der Waals surface area (Å²) in [6, 6.07) is 16.9. The summed E-state index contributed by atoms with van der Waals surface area (Å²) in [5, 5.41) is 1.80. The molecule has 0 radical (unpaired) electrons. The van der Waals surface area contributed by atoms with Crippen molar-refractivity contribution >= 4 is 52.4 Å². The van der Waals surface area contributed by atoms with Crippen LogP contribution in [-0.4, -0.2) is 39.5 Å². The number of sulfonamides is 1. The summed E-state index contributed by atoms with van der Waals surface area (Å²) in [5.74, 6) is 0. The predicted molar refractivity (Wildman–Crippen MR) is 116 cm³/mol. The van der Waals surface area contributed by atoms with Gasteiger partial charge in [-0.1, -0.05) is 36.4 Å². The molecule has 2 aromatic carbocycles. The number of hydrogen-bond acceptors (Lipinski definition) is 4. The van der Waals surface area contributed by atoms with Gasteiger partial charge in [-0.3, -0.25) is 4.31 Å². The largest absolute Gasteiger partial charge is 0.302 e. The molecule has 0 bridgehead atoms. The topological polar surface area (TPSA) is 40.6 Å². The van der Waals surface area contributed by atoms with Gasteiger partial charge >= 0.3 is 0 Å². The summed E-state index contributed by atoms with van der Waals surface area (Å²) < 4.78 is 30.6. The molecule has 4 nitrogen and oxygen atoms in total. The van der Waals surface area contributed by atoms with E-state index < -0.39 is 10.0 Å². The molecule has 0 saturated carbocycles. The van der Waals surface area contributed by atoms with Crippen LogP contribution >= 0.6 is 27.3 Å². The highest BCUT2D eigenvalue weighted by molar-refractivity contribution is 9.10. The van der Waals surface area contributed by atoms with Crippen LogP contribution in [0.25, 0.3) is 10.1 Å². The van der Waals surface area contributed by atoms with Gasteiger partial charge < -0.3 is 4.90 Å². The Bertz CT molecular complexity index is 1050. The van der Waals surface area contributed by atoms with E-state index in [4.69, 9.17) is 0 Å². The molecular weight excluding hydrogens is 444 g/mol. The van der Waals surface area contributed by atoms with Crippen LogP contribution in [-0.2, 0) is 10.0 Å². The second kappa shape index (κ2) is 7.54. The van der Waals surface area contributed by atoms with Crippen LogP contribution < -0.4 is 4.31 Å². The maximum atomic E-state index is 13.5. The van der Waals surface area contributed by atoms with Gasteiger partial charge in [-0.05, 0) is 60.6 Å². The van der Waals surface area contributed by atoms with Gasteiger partial charge in [0.05, 0.1) is 15.9 Å². The molecule has 2 heterocycles. The van der Waals surface area contributed by atoms with Gasteiger partial charge in [0.2, 0.25) is 0 Å². The first-order chi connectivity index (χ1) is 13.0. The van der Waals surface area contributed by atoms with E-state index in [0.29, 0.717) is 11.4 Å². The van der Waals surface area contributed by atoms with Crippen LogP contribution in [0.5, 0.6) is 0 Å². The summed E-state index contributed by atoms with van der Waals surface area (Å²) in [6.07, 6.45) is 2.12. The second-order valence-corrected chi connectivity index (χ2v) is 10.5. The quantitative estimate of drug-likeness (QED) is 0.535. The minimum Gasteiger partial charge on any atom is -0.302 e. The third-order valence-corrected chi connectivity index (χ3v) is 9.28. The summed E-state index contributed by atoms with van der Waals surface area (Å²) in [6.45, 7) is 1.47.